The van der Waals surface area contributed by atoms with Crippen LogP contribution in [0, 0.1) is 12.0 Å². The lowest BCUT2D eigenvalue weighted by atomic mass is 10.3. The van der Waals surface area contributed by atoms with Gasteiger partial charge in [0.2, 0.25) is 0 Å². The van der Waals surface area contributed by atoms with E-state index in [1.54, 1.807) is 13.0 Å². The molecule has 0 atom stereocenters. The summed E-state index contributed by atoms with van der Waals surface area (Å²) < 4.78 is 4.55. The normalized spacial score (nSPS) is 7.54. The van der Waals surface area contributed by atoms with E-state index in [1.807, 2.05) is 0 Å². The minimum Gasteiger partial charge on any atom is -0.368 e. The van der Waals surface area contributed by atoms with Crippen LogP contribution in [-0.4, -0.2) is 5.97 Å². The Hall–Kier alpha value is -1.45. The summed E-state index contributed by atoms with van der Waals surface area (Å²) in [6, 6.07) is 0. The Kier molecular flexibility index (Phi) is 7.68. The molecular weight excluding hydrogens is 164 g/mol. The van der Waals surface area contributed by atoms with Gasteiger partial charge in [0.25, 0.3) is 0 Å². The summed E-state index contributed by atoms with van der Waals surface area (Å²) in [5.74, 6) is 2.27. The Balaban J connectivity index is 3.67. The summed E-state index contributed by atoms with van der Waals surface area (Å²) >= 11 is 0. The molecule has 0 unspecified atom stereocenters. The molecule has 0 aliphatic rings. The molecule has 0 heterocycles. The summed E-state index contributed by atoms with van der Waals surface area (Å²) in [6.07, 6.45) is 8.10. The number of unbranched alkanes of at least 4 members (excludes halogenated alkanes) is 2. The quantitative estimate of drug-likeness (QED) is 0.218. The number of hydrogen-bond donors (Lipinski definition) is 0. The number of rotatable bonds is 3. The first-order valence-corrected chi connectivity index (χ1v) is 4.37. The molecule has 0 N–H and O–H groups in total. The fraction of sp³-hybridized carbons (Fsp3) is 0.455. The van der Waals surface area contributed by atoms with E-state index in [9.17, 15) is 4.79 Å². The molecule has 13 heavy (non-hydrogen) atoms. The average molecular weight is 178 g/mol. The van der Waals surface area contributed by atoms with Crippen LogP contribution in [0.1, 0.15) is 33.1 Å². The molecule has 0 saturated carbocycles. The molecule has 0 aromatic heterocycles. The molecule has 0 fully saturated rings. The second-order valence-electron chi connectivity index (χ2n) is 2.40. The van der Waals surface area contributed by atoms with Gasteiger partial charge in [0, 0.05) is 6.42 Å². The van der Waals surface area contributed by atoms with Crippen LogP contribution in [0.2, 0.25) is 0 Å². The van der Waals surface area contributed by atoms with Crippen LogP contribution in [0.15, 0.2) is 17.9 Å². The van der Waals surface area contributed by atoms with Gasteiger partial charge in [-0.3, -0.25) is 0 Å². The highest BCUT2D eigenvalue weighted by atomic mass is 16.5. The Morgan fingerprint density at radius 2 is 2.31 bits per heavy atom. The van der Waals surface area contributed by atoms with Crippen LogP contribution in [0.3, 0.4) is 0 Å². The minimum absolute atomic E-state index is 0.470. The molecule has 70 valence electrons. The van der Waals surface area contributed by atoms with E-state index in [0.29, 0.717) is 0 Å². The van der Waals surface area contributed by atoms with E-state index < -0.39 is 5.97 Å². The van der Waals surface area contributed by atoms with E-state index >= 15 is 0 Å². The maximum Gasteiger partial charge on any atom is 0.352 e. The first kappa shape index (κ1) is 11.6. The van der Waals surface area contributed by atoms with Crippen molar-refractivity contribution in [3.8, 4) is 12.0 Å². The van der Waals surface area contributed by atoms with Crippen molar-refractivity contribution in [2.24, 2.45) is 0 Å². The molecule has 2 heteroatoms. The van der Waals surface area contributed by atoms with Gasteiger partial charge in [-0.15, -0.1) is 5.73 Å². The third kappa shape index (κ3) is 8.46. The van der Waals surface area contributed by atoms with Gasteiger partial charge in [-0.05, 0) is 19.4 Å². The lowest BCUT2D eigenvalue weighted by molar-refractivity contribution is -0.131. The van der Waals surface area contributed by atoms with Crippen LogP contribution >= 0.6 is 0 Å². The van der Waals surface area contributed by atoms with Crippen molar-refractivity contribution in [2.45, 2.75) is 33.1 Å². The largest absolute Gasteiger partial charge is 0.368 e. The molecule has 0 radical (unpaired) electrons. The summed E-state index contributed by atoms with van der Waals surface area (Å²) in [5, 5.41) is 0. The number of ether oxygens (including phenoxy) is 1. The highest BCUT2D eigenvalue weighted by Gasteiger charge is 1.89. The first-order chi connectivity index (χ1) is 6.31. The van der Waals surface area contributed by atoms with Gasteiger partial charge < -0.3 is 4.74 Å². The predicted molar refractivity (Wildman–Crippen MR) is 51.7 cm³/mol. The first-order valence-electron chi connectivity index (χ1n) is 4.37. The van der Waals surface area contributed by atoms with Crippen molar-refractivity contribution in [1.29, 1.82) is 0 Å². The fourth-order valence-corrected chi connectivity index (χ4v) is 0.583. The molecule has 0 bridgehead atoms. The third-order valence-corrected chi connectivity index (χ3v) is 1.25. The number of carbonyl (C=O) groups is 1. The monoisotopic (exact) mass is 178 g/mol. The molecule has 0 amide bonds. The summed E-state index contributed by atoms with van der Waals surface area (Å²) in [6.45, 7) is 3.86. The Morgan fingerprint density at radius 1 is 1.54 bits per heavy atom. The highest BCUT2D eigenvalue weighted by Crippen LogP contribution is 1.90. The molecule has 0 aliphatic carbocycles. The lowest BCUT2D eigenvalue weighted by Crippen LogP contribution is -1.92. The van der Waals surface area contributed by atoms with E-state index in [1.165, 1.54) is 6.08 Å². The van der Waals surface area contributed by atoms with Crippen LogP contribution in [-0.2, 0) is 9.53 Å². The molecule has 0 rings (SSSR count). The van der Waals surface area contributed by atoms with Gasteiger partial charge >= 0.3 is 5.97 Å². The highest BCUT2D eigenvalue weighted by molar-refractivity contribution is 5.82. The Labute approximate surface area is 79.3 Å². The van der Waals surface area contributed by atoms with Crippen LogP contribution < -0.4 is 0 Å². The second kappa shape index (κ2) is 8.64. The Bertz CT molecular complexity index is 260. The summed E-state index contributed by atoms with van der Waals surface area (Å²) in [5.41, 5.74) is 2.61. The molecule has 0 saturated heterocycles. The minimum atomic E-state index is -0.470. The molecule has 0 aliphatic heterocycles. The van der Waals surface area contributed by atoms with Gasteiger partial charge in [0.05, 0.1) is 6.08 Å². The van der Waals surface area contributed by atoms with Gasteiger partial charge in [-0.1, -0.05) is 19.3 Å². The summed E-state index contributed by atoms with van der Waals surface area (Å²) in [4.78, 5) is 10.8. The van der Waals surface area contributed by atoms with Crippen molar-refractivity contribution < 1.29 is 9.53 Å². The van der Waals surface area contributed by atoms with Gasteiger partial charge in [0.15, 0.2) is 0 Å². The van der Waals surface area contributed by atoms with Crippen LogP contribution in [0.5, 0.6) is 0 Å². The maximum atomic E-state index is 10.8. The average Bonchev–Trinajstić information content (AvgIpc) is 2.14. The van der Waals surface area contributed by atoms with Gasteiger partial charge in [-0.25, -0.2) is 4.79 Å². The van der Waals surface area contributed by atoms with Crippen molar-refractivity contribution >= 4 is 5.97 Å². The van der Waals surface area contributed by atoms with Crippen molar-refractivity contribution in [1.82, 2.24) is 0 Å². The number of carbonyl (C=O) groups excluding carboxylic acids is 1. The van der Waals surface area contributed by atoms with Crippen molar-refractivity contribution in [2.75, 3.05) is 0 Å². The van der Waals surface area contributed by atoms with E-state index in [-0.39, 0.29) is 0 Å². The van der Waals surface area contributed by atoms with Crippen LogP contribution in [0.4, 0.5) is 0 Å². The van der Waals surface area contributed by atoms with Gasteiger partial charge in [-0.2, -0.15) is 0 Å². The molecule has 0 spiro atoms. The Morgan fingerprint density at radius 3 is 2.92 bits per heavy atom. The zero-order valence-corrected chi connectivity index (χ0v) is 8.09. The van der Waals surface area contributed by atoms with E-state index in [2.05, 4.69) is 29.4 Å². The standard InChI is InChI=1S/C11H14O2/c1-3-5-7-8-10-13-11(12)9-6-4-2/h4,9H,3,5,7H2,1-2H3. The molecule has 0 aromatic rings. The van der Waals surface area contributed by atoms with Crippen molar-refractivity contribution in [3.63, 3.8) is 0 Å². The summed E-state index contributed by atoms with van der Waals surface area (Å²) in [7, 11) is 0. The third-order valence-electron chi connectivity index (χ3n) is 1.25. The second-order valence-corrected chi connectivity index (χ2v) is 2.40. The lowest BCUT2D eigenvalue weighted by Gasteiger charge is -1.85. The fourth-order valence-electron chi connectivity index (χ4n) is 0.583. The zero-order chi connectivity index (χ0) is 9.94. The SMILES string of the molecule is CC=C=CC(=O)OC#CCCCC. The van der Waals surface area contributed by atoms with E-state index in [0.717, 1.165) is 19.3 Å². The topological polar surface area (TPSA) is 26.3 Å². The number of hydrogen-bond acceptors (Lipinski definition) is 2. The predicted octanol–water partition coefficient (Wildman–Crippen LogP) is 2.41. The maximum absolute atomic E-state index is 10.8. The van der Waals surface area contributed by atoms with Crippen LogP contribution in [0.25, 0.3) is 0 Å². The molecule has 0 aromatic carbocycles. The molecular formula is C11H14O2. The van der Waals surface area contributed by atoms with Crippen molar-refractivity contribution in [3.05, 3.63) is 17.9 Å². The number of esters is 1. The smallest absolute Gasteiger partial charge is 0.352 e. The van der Waals surface area contributed by atoms with Gasteiger partial charge in [0.1, 0.15) is 6.11 Å². The zero-order valence-electron chi connectivity index (χ0n) is 8.09. The molecule has 2 nitrogen and oxygen atoms in total. The van der Waals surface area contributed by atoms with E-state index in [4.69, 9.17) is 0 Å².